The molecule has 7 nitrogen and oxygen atoms in total. The molecule has 9 heteroatoms. The van der Waals surface area contributed by atoms with Crippen LogP contribution in [0.3, 0.4) is 0 Å². The van der Waals surface area contributed by atoms with Gasteiger partial charge in [0.1, 0.15) is 5.75 Å². The molecule has 0 aliphatic rings. The van der Waals surface area contributed by atoms with Crippen LogP contribution in [0.25, 0.3) is 10.2 Å². The number of carbonyl (C=O) groups excluding carboxylic acids is 1. The molecule has 0 saturated heterocycles. The van der Waals surface area contributed by atoms with Gasteiger partial charge in [-0.05, 0) is 42.3 Å². The van der Waals surface area contributed by atoms with E-state index in [1.807, 2.05) is 31.2 Å². The first-order chi connectivity index (χ1) is 13.4. The Morgan fingerprint density at radius 1 is 1.21 bits per heavy atom. The van der Waals surface area contributed by atoms with E-state index >= 15 is 0 Å². The monoisotopic (exact) mass is 419 g/mol. The highest BCUT2D eigenvalue weighted by Gasteiger charge is 2.18. The number of sulfone groups is 1. The molecule has 0 bridgehead atoms. The Bertz CT molecular complexity index is 1090. The Balaban J connectivity index is 1.67. The first-order valence-corrected chi connectivity index (χ1v) is 11.2. The summed E-state index contributed by atoms with van der Waals surface area (Å²) >= 11 is 1.12. The number of benzene rings is 2. The van der Waals surface area contributed by atoms with E-state index < -0.39 is 9.84 Å². The zero-order chi connectivity index (χ0) is 20.1. The lowest BCUT2D eigenvalue weighted by atomic mass is 10.2. The number of urea groups is 1. The fourth-order valence-electron chi connectivity index (χ4n) is 2.61. The molecule has 0 fully saturated rings. The van der Waals surface area contributed by atoms with Gasteiger partial charge in [-0.2, -0.15) is 0 Å². The van der Waals surface area contributed by atoms with Gasteiger partial charge in [0.25, 0.3) is 0 Å². The average molecular weight is 420 g/mol. The summed E-state index contributed by atoms with van der Waals surface area (Å²) < 4.78 is 30.4. The molecular weight excluding hydrogens is 398 g/mol. The average Bonchev–Trinajstić information content (AvgIpc) is 3.11. The van der Waals surface area contributed by atoms with Crippen molar-refractivity contribution in [3.05, 3.63) is 48.0 Å². The van der Waals surface area contributed by atoms with E-state index in [-0.39, 0.29) is 16.1 Å². The van der Waals surface area contributed by atoms with Crippen molar-refractivity contribution >= 4 is 43.1 Å². The fourth-order valence-corrected chi connectivity index (χ4v) is 5.32. The van der Waals surface area contributed by atoms with Crippen LogP contribution in [-0.2, 0) is 16.4 Å². The molecule has 1 aromatic heterocycles. The molecule has 148 valence electrons. The predicted octanol–water partition coefficient (Wildman–Crippen LogP) is 3.81. The highest BCUT2D eigenvalue weighted by atomic mass is 32.2. The van der Waals surface area contributed by atoms with Gasteiger partial charge in [0.15, 0.2) is 0 Å². The predicted molar refractivity (Wildman–Crippen MR) is 111 cm³/mol. The molecule has 1 heterocycles. The lowest BCUT2D eigenvalue weighted by Gasteiger charge is -2.08. The molecule has 2 N–H and O–H groups in total. The molecule has 0 saturated carbocycles. The Hall–Kier alpha value is -2.65. The summed E-state index contributed by atoms with van der Waals surface area (Å²) in [7, 11) is -1.76. The minimum atomic E-state index is -3.36. The maximum absolute atomic E-state index is 12.2. The lowest BCUT2D eigenvalue weighted by Crippen LogP contribution is -2.28. The minimum Gasteiger partial charge on any atom is -0.497 e. The van der Waals surface area contributed by atoms with E-state index in [0.717, 1.165) is 22.6 Å². The van der Waals surface area contributed by atoms with Crippen LogP contribution < -0.4 is 15.4 Å². The number of hydrogen-bond acceptors (Lipinski definition) is 6. The van der Waals surface area contributed by atoms with E-state index in [1.165, 1.54) is 0 Å². The summed E-state index contributed by atoms with van der Waals surface area (Å²) in [4.78, 5) is 16.4. The third kappa shape index (κ3) is 4.79. The number of methoxy groups -OCH3 is 1. The number of carbonyl (C=O) groups is 1. The molecule has 28 heavy (non-hydrogen) atoms. The van der Waals surface area contributed by atoms with Gasteiger partial charge in [0.05, 0.1) is 23.1 Å². The van der Waals surface area contributed by atoms with Crippen molar-refractivity contribution in [3.63, 3.8) is 0 Å². The molecule has 2 aromatic carbocycles. The van der Waals surface area contributed by atoms with Gasteiger partial charge in [-0.25, -0.2) is 18.2 Å². The maximum Gasteiger partial charge on any atom is 0.319 e. The summed E-state index contributed by atoms with van der Waals surface area (Å²) in [6.45, 7) is 2.17. The number of ether oxygens (including phenoxy) is 1. The number of amides is 2. The number of aromatic nitrogens is 1. The topological polar surface area (TPSA) is 97.4 Å². The molecule has 0 aliphatic carbocycles. The molecule has 3 aromatic rings. The van der Waals surface area contributed by atoms with Gasteiger partial charge in [-0.15, -0.1) is 11.3 Å². The number of nitrogens with one attached hydrogen (secondary N) is 2. The highest BCUT2D eigenvalue weighted by molar-refractivity contribution is 7.93. The molecular formula is C19H21N3O4S2. The van der Waals surface area contributed by atoms with Gasteiger partial charge in [0.2, 0.25) is 14.2 Å². The van der Waals surface area contributed by atoms with E-state index in [9.17, 15) is 13.2 Å². The zero-order valence-electron chi connectivity index (χ0n) is 15.6. The normalized spacial score (nSPS) is 11.4. The SMILES string of the molecule is CCCS(=O)(=O)c1nc2ccc(NC(=O)NCc3cccc(OC)c3)cc2s1. The lowest BCUT2D eigenvalue weighted by molar-refractivity contribution is 0.251. The van der Waals surface area contributed by atoms with E-state index in [2.05, 4.69) is 15.6 Å². The second-order valence-electron chi connectivity index (χ2n) is 6.14. The third-order valence-electron chi connectivity index (χ3n) is 3.95. The van der Waals surface area contributed by atoms with E-state index in [0.29, 0.717) is 28.9 Å². The molecule has 0 spiro atoms. The largest absolute Gasteiger partial charge is 0.497 e. The third-order valence-corrected chi connectivity index (χ3v) is 7.35. The maximum atomic E-state index is 12.2. The molecule has 0 aliphatic heterocycles. The summed E-state index contributed by atoms with van der Waals surface area (Å²) in [5.41, 5.74) is 2.08. The zero-order valence-corrected chi connectivity index (χ0v) is 17.2. The van der Waals surface area contributed by atoms with E-state index in [4.69, 9.17) is 4.74 Å². The second kappa shape index (κ2) is 8.57. The number of fused-ring (bicyclic) bond motifs is 1. The van der Waals surface area contributed by atoms with Crippen LogP contribution in [-0.4, -0.2) is 32.3 Å². The van der Waals surface area contributed by atoms with Crippen molar-refractivity contribution in [2.45, 2.75) is 24.2 Å². The Labute approximate surface area is 167 Å². The number of nitrogens with zero attached hydrogens (tertiary/aromatic N) is 1. The molecule has 3 rings (SSSR count). The van der Waals surface area contributed by atoms with Gasteiger partial charge < -0.3 is 15.4 Å². The molecule has 0 atom stereocenters. The van der Waals surface area contributed by atoms with Crippen LogP contribution in [0.4, 0.5) is 10.5 Å². The fraction of sp³-hybridized carbons (Fsp3) is 0.263. The summed E-state index contributed by atoms with van der Waals surface area (Å²) in [5, 5.41) is 5.53. The highest BCUT2D eigenvalue weighted by Crippen LogP contribution is 2.28. The van der Waals surface area contributed by atoms with Crippen LogP contribution in [0, 0.1) is 0 Å². The number of rotatable bonds is 7. The van der Waals surface area contributed by atoms with Crippen LogP contribution in [0.1, 0.15) is 18.9 Å². The number of anilines is 1. The van der Waals surface area contributed by atoms with Gasteiger partial charge in [-0.1, -0.05) is 19.1 Å². The Morgan fingerprint density at radius 2 is 2.04 bits per heavy atom. The Kier molecular flexibility index (Phi) is 6.15. The van der Waals surface area contributed by atoms with Gasteiger partial charge in [-0.3, -0.25) is 0 Å². The van der Waals surface area contributed by atoms with Crippen molar-refractivity contribution in [2.75, 3.05) is 18.2 Å². The molecule has 2 amide bonds. The minimum absolute atomic E-state index is 0.0740. The first kappa shape index (κ1) is 20.1. The van der Waals surface area contributed by atoms with Crippen molar-refractivity contribution < 1.29 is 17.9 Å². The van der Waals surface area contributed by atoms with E-state index in [1.54, 1.807) is 25.3 Å². The van der Waals surface area contributed by atoms with Crippen molar-refractivity contribution in [3.8, 4) is 5.75 Å². The Morgan fingerprint density at radius 3 is 2.79 bits per heavy atom. The van der Waals surface area contributed by atoms with Crippen molar-refractivity contribution in [1.29, 1.82) is 0 Å². The first-order valence-electron chi connectivity index (χ1n) is 8.72. The van der Waals surface area contributed by atoms with Crippen LogP contribution in [0.2, 0.25) is 0 Å². The molecule has 0 unspecified atom stereocenters. The van der Waals surface area contributed by atoms with Crippen LogP contribution in [0.5, 0.6) is 5.75 Å². The number of hydrogen-bond donors (Lipinski definition) is 2. The van der Waals surface area contributed by atoms with Crippen molar-refractivity contribution in [1.82, 2.24) is 10.3 Å². The number of thiazole rings is 1. The quantitative estimate of drug-likeness (QED) is 0.607. The van der Waals surface area contributed by atoms with Crippen LogP contribution >= 0.6 is 11.3 Å². The summed E-state index contributed by atoms with van der Waals surface area (Å²) in [6.07, 6.45) is 0.540. The summed E-state index contributed by atoms with van der Waals surface area (Å²) in [6, 6.07) is 12.2. The molecule has 0 radical (unpaired) electrons. The standard InChI is InChI=1S/C19H21N3O4S2/c1-3-9-28(24,25)19-22-16-8-7-14(11-17(16)27-19)21-18(23)20-12-13-5-4-6-15(10-13)26-2/h4-8,10-11H,3,9,12H2,1-2H3,(H2,20,21,23). The summed E-state index contributed by atoms with van der Waals surface area (Å²) in [5.74, 6) is 0.800. The van der Waals surface area contributed by atoms with Gasteiger partial charge in [0, 0.05) is 12.2 Å². The second-order valence-corrected chi connectivity index (χ2v) is 9.45. The smallest absolute Gasteiger partial charge is 0.319 e. The van der Waals surface area contributed by atoms with Crippen molar-refractivity contribution in [2.24, 2.45) is 0 Å². The van der Waals surface area contributed by atoms with Crippen LogP contribution in [0.15, 0.2) is 46.8 Å². The van der Waals surface area contributed by atoms with Gasteiger partial charge >= 0.3 is 6.03 Å².